The zero-order valence-electron chi connectivity index (χ0n) is 9.45. The molecule has 0 aliphatic heterocycles. The summed E-state index contributed by atoms with van der Waals surface area (Å²) in [5.74, 6) is 0. The van der Waals surface area contributed by atoms with Crippen molar-refractivity contribution in [1.82, 2.24) is 9.97 Å². The normalized spacial score (nSPS) is 12.4. The highest BCUT2D eigenvalue weighted by Gasteiger charge is 2.03. The number of aliphatic hydroxyl groups is 1. The first-order chi connectivity index (χ1) is 8.29. The van der Waals surface area contributed by atoms with Crippen LogP contribution in [0.4, 0.5) is 0 Å². The zero-order valence-corrected chi connectivity index (χ0v) is 9.45. The minimum absolute atomic E-state index is 0.00821. The third-order valence-electron chi connectivity index (χ3n) is 2.58. The Kier molecular flexibility index (Phi) is 3.80. The van der Waals surface area contributed by atoms with E-state index in [1.54, 1.807) is 12.4 Å². The Hall–Kier alpha value is -1.78. The van der Waals surface area contributed by atoms with Gasteiger partial charge in [-0.1, -0.05) is 24.3 Å². The fourth-order valence-electron chi connectivity index (χ4n) is 1.65. The number of hydrogen-bond donors (Lipinski definition) is 2. The van der Waals surface area contributed by atoms with E-state index in [1.165, 1.54) is 6.33 Å². The lowest BCUT2D eigenvalue weighted by molar-refractivity contribution is 0.265. The molecule has 0 saturated heterocycles. The third kappa shape index (κ3) is 3.09. The third-order valence-corrected chi connectivity index (χ3v) is 2.58. The average molecular weight is 229 g/mol. The molecule has 1 atom stereocenters. The van der Waals surface area contributed by atoms with Gasteiger partial charge in [-0.2, -0.15) is 0 Å². The van der Waals surface area contributed by atoms with Crippen molar-refractivity contribution in [2.75, 3.05) is 6.61 Å². The topological polar surface area (TPSA) is 72.0 Å². The molecular weight excluding hydrogens is 214 g/mol. The minimum Gasteiger partial charge on any atom is -0.395 e. The zero-order chi connectivity index (χ0) is 12.1. The maximum absolute atomic E-state index is 8.89. The molecule has 1 heterocycles. The lowest BCUT2D eigenvalue weighted by atomic mass is 10.0. The number of aromatic nitrogens is 2. The molecule has 1 unspecified atom stereocenters. The van der Waals surface area contributed by atoms with Crippen LogP contribution in [-0.4, -0.2) is 27.7 Å². The van der Waals surface area contributed by atoms with Gasteiger partial charge in [0.1, 0.15) is 6.33 Å². The molecule has 3 N–H and O–H groups in total. The molecule has 0 radical (unpaired) electrons. The van der Waals surface area contributed by atoms with Gasteiger partial charge in [-0.25, -0.2) is 9.97 Å². The number of aliphatic hydroxyl groups excluding tert-OH is 1. The second kappa shape index (κ2) is 5.52. The summed E-state index contributed by atoms with van der Waals surface area (Å²) in [6.07, 6.45) is 5.75. The first kappa shape index (κ1) is 11.7. The first-order valence-corrected chi connectivity index (χ1v) is 5.50. The van der Waals surface area contributed by atoms with Crippen LogP contribution in [0.3, 0.4) is 0 Å². The molecule has 1 aromatic carbocycles. The largest absolute Gasteiger partial charge is 0.395 e. The number of benzene rings is 1. The van der Waals surface area contributed by atoms with E-state index >= 15 is 0 Å². The van der Waals surface area contributed by atoms with Gasteiger partial charge in [-0.15, -0.1) is 0 Å². The molecule has 2 rings (SSSR count). The van der Waals surface area contributed by atoms with Crippen LogP contribution in [-0.2, 0) is 6.42 Å². The van der Waals surface area contributed by atoms with Gasteiger partial charge in [0.15, 0.2) is 0 Å². The van der Waals surface area contributed by atoms with Crippen LogP contribution in [0.2, 0.25) is 0 Å². The summed E-state index contributed by atoms with van der Waals surface area (Å²) >= 11 is 0. The van der Waals surface area contributed by atoms with Crippen molar-refractivity contribution in [3.8, 4) is 11.1 Å². The SMILES string of the molecule is NC(CO)Cc1ccc(-c2cncnc2)cc1. The van der Waals surface area contributed by atoms with E-state index in [0.29, 0.717) is 6.42 Å². The summed E-state index contributed by atoms with van der Waals surface area (Å²) in [5.41, 5.74) is 8.87. The number of nitrogens with zero attached hydrogens (tertiary/aromatic N) is 2. The fraction of sp³-hybridized carbons (Fsp3) is 0.231. The maximum Gasteiger partial charge on any atom is 0.115 e. The standard InChI is InChI=1S/C13H15N3O/c14-13(8-17)5-10-1-3-11(4-2-10)12-6-15-9-16-7-12/h1-4,6-7,9,13,17H,5,8,14H2. The van der Waals surface area contributed by atoms with E-state index in [2.05, 4.69) is 9.97 Å². The van der Waals surface area contributed by atoms with E-state index < -0.39 is 0 Å². The highest BCUT2D eigenvalue weighted by atomic mass is 16.3. The fourth-order valence-corrected chi connectivity index (χ4v) is 1.65. The molecule has 17 heavy (non-hydrogen) atoms. The molecule has 0 amide bonds. The Balaban J connectivity index is 2.13. The van der Waals surface area contributed by atoms with Crippen LogP contribution >= 0.6 is 0 Å². The van der Waals surface area contributed by atoms with Crippen molar-refractivity contribution >= 4 is 0 Å². The molecule has 4 nitrogen and oxygen atoms in total. The van der Waals surface area contributed by atoms with Crippen LogP contribution < -0.4 is 5.73 Å². The van der Waals surface area contributed by atoms with Crippen molar-refractivity contribution in [2.45, 2.75) is 12.5 Å². The number of hydrogen-bond acceptors (Lipinski definition) is 4. The first-order valence-electron chi connectivity index (χ1n) is 5.50. The Bertz CT molecular complexity index is 456. The van der Waals surface area contributed by atoms with Crippen LogP contribution in [0.15, 0.2) is 43.0 Å². The molecule has 0 aliphatic carbocycles. The predicted octanol–water partition coefficient (Wildman–Crippen LogP) is 1.01. The predicted molar refractivity (Wildman–Crippen MR) is 66.2 cm³/mol. The van der Waals surface area contributed by atoms with E-state index in [9.17, 15) is 0 Å². The van der Waals surface area contributed by atoms with Crippen LogP contribution in [0.5, 0.6) is 0 Å². The summed E-state index contributed by atoms with van der Waals surface area (Å²) in [6, 6.07) is 7.85. The van der Waals surface area contributed by atoms with Crippen LogP contribution in [0.1, 0.15) is 5.56 Å². The van der Waals surface area contributed by atoms with Gasteiger partial charge in [-0.05, 0) is 17.5 Å². The van der Waals surface area contributed by atoms with Crippen LogP contribution in [0, 0.1) is 0 Å². The summed E-state index contributed by atoms with van der Waals surface area (Å²) in [6.45, 7) is 0.00821. The van der Waals surface area contributed by atoms with E-state index in [0.717, 1.165) is 16.7 Å². The van der Waals surface area contributed by atoms with Gasteiger partial charge >= 0.3 is 0 Å². The van der Waals surface area contributed by atoms with Gasteiger partial charge in [0.2, 0.25) is 0 Å². The Labute approximate surface area is 100 Å². The lowest BCUT2D eigenvalue weighted by Gasteiger charge is -2.08. The molecule has 88 valence electrons. The van der Waals surface area contributed by atoms with Crippen molar-refractivity contribution in [1.29, 1.82) is 0 Å². The van der Waals surface area contributed by atoms with E-state index in [4.69, 9.17) is 10.8 Å². The minimum atomic E-state index is -0.194. The number of rotatable bonds is 4. The van der Waals surface area contributed by atoms with Crippen molar-refractivity contribution in [3.63, 3.8) is 0 Å². The van der Waals surface area contributed by atoms with Crippen molar-refractivity contribution in [3.05, 3.63) is 48.5 Å². The Morgan fingerprint density at radius 1 is 1.06 bits per heavy atom. The van der Waals surface area contributed by atoms with Crippen LogP contribution in [0.25, 0.3) is 11.1 Å². The van der Waals surface area contributed by atoms with E-state index in [1.807, 2.05) is 24.3 Å². The molecule has 2 aromatic rings. The summed E-state index contributed by atoms with van der Waals surface area (Å²) in [5, 5.41) is 8.89. The van der Waals surface area contributed by atoms with Gasteiger partial charge in [-0.3, -0.25) is 0 Å². The highest BCUT2D eigenvalue weighted by Crippen LogP contribution is 2.17. The smallest absolute Gasteiger partial charge is 0.115 e. The average Bonchev–Trinajstić information content (AvgIpc) is 2.40. The van der Waals surface area contributed by atoms with Crippen molar-refractivity contribution < 1.29 is 5.11 Å². The van der Waals surface area contributed by atoms with Crippen molar-refractivity contribution in [2.24, 2.45) is 5.73 Å². The Morgan fingerprint density at radius 2 is 1.71 bits per heavy atom. The molecule has 0 saturated carbocycles. The maximum atomic E-state index is 8.89. The molecule has 0 aliphatic rings. The summed E-state index contributed by atoms with van der Waals surface area (Å²) < 4.78 is 0. The summed E-state index contributed by atoms with van der Waals surface area (Å²) in [7, 11) is 0. The quantitative estimate of drug-likeness (QED) is 0.820. The monoisotopic (exact) mass is 229 g/mol. The molecule has 0 fully saturated rings. The lowest BCUT2D eigenvalue weighted by Crippen LogP contribution is -2.26. The van der Waals surface area contributed by atoms with Gasteiger partial charge in [0, 0.05) is 24.0 Å². The molecule has 1 aromatic heterocycles. The molecular formula is C13H15N3O. The molecule has 4 heteroatoms. The second-order valence-electron chi connectivity index (χ2n) is 3.97. The Morgan fingerprint density at radius 3 is 2.29 bits per heavy atom. The second-order valence-corrected chi connectivity index (χ2v) is 3.97. The van der Waals surface area contributed by atoms with Gasteiger partial charge < -0.3 is 10.8 Å². The molecule has 0 spiro atoms. The number of nitrogens with two attached hydrogens (primary N) is 1. The van der Waals surface area contributed by atoms with Gasteiger partial charge in [0.05, 0.1) is 6.61 Å². The summed E-state index contributed by atoms with van der Waals surface area (Å²) in [4.78, 5) is 7.96. The highest BCUT2D eigenvalue weighted by molar-refractivity contribution is 5.61. The molecule has 0 bridgehead atoms. The van der Waals surface area contributed by atoms with E-state index in [-0.39, 0.29) is 12.6 Å². The van der Waals surface area contributed by atoms with Gasteiger partial charge in [0.25, 0.3) is 0 Å².